The average Bonchev–Trinajstić information content (AvgIpc) is 1.41. The first-order valence-electron chi connectivity index (χ1n) is 2.21. The van der Waals surface area contributed by atoms with Crippen molar-refractivity contribution in [3.8, 4) is 0 Å². The van der Waals surface area contributed by atoms with Crippen LogP contribution in [0.3, 0.4) is 0 Å². The summed E-state index contributed by atoms with van der Waals surface area (Å²) in [6, 6.07) is 0. The van der Waals surface area contributed by atoms with E-state index in [2.05, 4.69) is 6.92 Å². The third-order valence-electron chi connectivity index (χ3n) is 0.604. The van der Waals surface area contributed by atoms with Crippen molar-refractivity contribution in [3.05, 3.63) is 0 Å². The topological polar surface area (TPSA) is 0 Å². The molecule has 2 heteroatoms. The number of halogens is 1. The van der Waals surface area contributed by atoms with Crippen LogP contribution in [0.4, 0.5) is 0 Å². The van der Waals surface area contributed by atoms with E-state index in [1.807, 2.05) is 0 Å². The second-order valence-corrected chi connectivity index (χ2v) is 2.69. The van der Waals surface area contributed by atoms with Gasteiger partial charge in [-0.15, -0.1) is 0 Å². The van der Waals surface area contributed by atoms with Crippen molar-refractivity contribution < 1.29 is 35.3 Å². The Balaban J connectivity index is 0. The first-order chi connectivity index (χ1) is 2.41. The van der Waals surface area contributed by atoms with Crippen LogP contribution < -0.4 is 17.0 Å². The first-order valence-corrected chi connectivity index (χ1v) is 4.31. The van der Waals surface area contributed by atoms with Gasteiger partial charge in [0.2, 0.25) is 0 Å². The van der Waals surface area contributed by atoms with Gasteiger partial charge in [-0.2, -0.15) is 0 Å². The van der Waals surface area contributed by atoms with Crippen molar-refractivity contribution in [3.63, 3.8) is 0 Å². The Bertz CT molecular complexity index is 15.0. The smallest absolute Gasteiger partial charge is 1.00 e. The largest absolute Gasteiger partial charge is 1.00 e. The zero-order chi connectivity index (χ0) is 4.12. The molecule has 0 aromatic carbocycles. The van der Waals surface area contributed by atoms with Crippen molar-refractivity contribution in [2.75, 3.05) is 0 Å². The van der Waals surface area contributed by atoms with Gasteiger partial charge in [-0.25, -0.2) is 0 Å². The molecule has 0 saturated heterocycles. The molecule has 0 aromatic rings. The van der Waals surface area contributed by atoms with E-state index < -0.39 is 0 Å². The molecule has 0 unspecified atom stereocenters. The van der Waals surface area contributed by atoms with Crippen molar-refractivity contribution in [2.45, 2.75) is 24.8 Å². The van der Waals surface area contributed by atoms with E-state index in [1.165, 1.54) is 36.2 Å². The van der Waals surface area contributed by atoms with Crippen molar-refractivity contribution in [2.24, 2.45) is 0 Å². The van der Waals surface area contributed by atoms with Crippen molar-refractivity contribution in [1.29, 1.82) is 0 Å². The van der Waals surface area contributed by atoms with Crippen LogP contribution in [0, 0.1) is 0 Å². The molecule has 0 bridgehead atoms. The monoisotopic (exact) mass is 200 g/mol. The van der Waals surface area contributed by atoms with E-state index in [1.54, 1.807) is 0 Å². The van der Waals surface area contributed by atoms with Gasteiger partial charge in [-0.05, 0) is 0 Å². The number of unbranched alkanes of at least 4 members (excludes halogenated alkanes) is 1. The molecule has 0 nitrogen and oxygen atoms in total. The van der Waals surface area contributed by atoms with Gasteiger partial charge in [0.25, 0.3) is 0 Å². The van der Waals surface area contributed by atoms with Crippen LogP contribution in [0.15, 0.2) is 0 Å². The van der Waals surface area contributed by atoms with Gasteiger partial charge >= 0.3 is 43.1 Å². The molecular formula is C4H9BrZn. The Kier molecular flexibility index (Phi) is 16.0. The van der Waals surface area contributed by atoms with Gasteiger partial charge < -0.3 is 17.0 Å². The third-order valence-corrected chi connectivity index (χ3v) is 1.65. The summed E-state index contributed by atoms with van der Waals surface area (Å²) in [5.41, 5.74) is 0. The molecular weight excluding hydrogens is 193 g/mol. The normalized spacial score (nSPS) is 7.17. The van der Waals surface area contributed by atoms with Crippen LogP contribution >= 0.6 is 0 Å². The van der Waals surface area contributed by atoms with Gasteiger partial charge in [0.15, 0.2) is 0 Å². The zero-order valence-electron chi connectivity index (χ0n) is 4.21. The van der Waals surface area contributed by atoms with E-state index in [4.69, 9.17) is 0 Å². The summed E-state index contributed by atoms with van der Waals surface area (Å²) in [5.74, 6) is 0. The zero-order valence-corrected chi connectivity index (χ0v) is 8.76. The fraction of sp³-hybridized carbons (Fsp3) is 1.00. The van der Waals surface area contributed by atoms with Crippen LogP contribution in [0.2, 0.25) is 5.02 Å². The molecule has 0 spiro atoms. The van der Waals surface area contributed by atoms with Crippen LogP contribution in [0.1, 0.15) is 19.8 Å². The number of hydrogen-bond acceptors (Lipinski definition) is 0. The van der Waals surface area contributed by atoms with E-state index >= 15 is 0 Å². The summed E-state index contributed by atoms with van der Waals surface area (Å²) in [5, 5.41) is 1.47. The summed E-state index contributed by atoms with van der Waals surface area (Å²) in [7, 11) is 0. The molecule has 0 heterocycles. The predicted molar refractivity (Wildman–Crippen MR) is 19.7 cm³/mol. The Morgan fingerprint density at radius 1 is 1.50 bits per heavy atom. The summed E-state index contributed by atoms with van der Waals surface area (Å²) < 4.78 is 0. The Labute approximate surface area is 60.1 Å². The number of hydrogen-bond donors (Lipinski definition) is 0. The van der Waals surface area contributed by atoms with E-state index in [-0.39, 0.29) is 17.0 Å². The minimum atomic E-state index is 0. The molecule has 0 aromatic heterocycles. The first kappa shape index (κ1) is 10.2. The van der Waals surface area contributed by atoms with E-state index in [0.29, 0.717) is 0 Å². The van der Waals surface area contributed by atoms with Crippen molar-refractivity contribution in [1.82, 2.24) is 0 Å². The van der Waals surface area contributed by atoms with Gasteiger partial charge in [-0.1, -0.05) is 0 Å². The Hall–Kier alpha value is 1.10. The van der Waals surface area contributed by atoms with Gasteiger partial charge in [0, 0.05) is 0 Å². The summed E-state index contributed by atoms with van der Waals surface area (Å²) in [6.07, 6.45) is 2.82. The van der Waals surface area contributed by atoms with Gasteiger partial charge in [0.05, 0.1) is 0 Å². The maximum atomic E-state index is 2.23. The second-order valence-electron chi connectivity index (χ2n) is 1.21. The standard InChI is InChI=1S/C4H9.BrH.Zn/c1-3-4-2;;/h1,3-4H2,2H3;1H;/q;;+1/p-1. The average molecular weight is 202 g/mol. The fourth-order valence-corrected chi connectivity index (χ4v) is 1.30. The van der Waals surface area contributed by atoms with Crippen LogP contribution in [0.25, 0.3) is 0 Å². The summed E-state index contributed by atoms with van der Waals surface area (Å²) in [4.78, 5) is 0. The molecule has 6 heavy (non-hydrogen) atoms. The molecule has 0 saturated carbocycles. The molecule has 0 amide bonds. The fourth-order valence-electron chi connectivity index (χ4n) is 0.250. The maximum Gasteiger partial charge on any atom is -1.00 e. The van der Waals surface area contributed by atoms with Gasteiger partial charge in [0.1, 0.15) is 0 Å². The van der Waals surface area contributed by atoms with Crippen LogP contribution in [0.5, 0.6) is 0 Å². The molecule has 34 valence electrons. The molecule has 0 N–H and O–H groups in total. The minimum absolute atomic E-state index is 0. The molecule has 0 radical (unpaired) electrons. The van der Waals surface area contributed by atoms with Crippen LogP contribution in [-0.2, 0) is 18.3 Å². The van der Waals surface area contributed by atoms with E-state index in [0.717, 1.165) is 0 Å². The molecule has 0 aliphatic carbocycles. The Morgan fingerprint density at radius 2 is 2.00 bits per heavy atom. The molecule has 0 fully saturated rings. The summed E-state index contributed by atoms with van der Waals surface area (Å²) in [6.45, 7) is 2.23. The number of rotatable bonds is 2. The van der Waals surface area contributed by atoms with Crippen LogP contribution in [-0.4, -0.2) is 0 Å². The second kappa shape index (κ2) is 9.44. The SMILES string of the molecule is CCC[CH2][Zn+].[Br-]. The van der Waals surface area contributed by atoms with Gasteiger partial charge in [-0.3, -0.25) is 0 Å². The minimum Gasteiger partial charge on any atom is -1.00 e. The van der Waals surface area contributed by atoms with Crippen molar-refractivity contribution >= 4 is 0 Å². The third kappa shape index (κ3) is 8.92. The molecule has 0 atom stereocenters. The predicted octanol–water partition coefficient (Wildman–Crippen LogP) is -1.24. The maximum absolute atomic E-state index is 2.23. The molecule has 0 aliphatic heterocycles. The molecule has 0 rings (SSSR count). The van der Waals surface area contributed by atoms with E-state index in [9.17, 15) is 0 Å². The Morgan fingerprint density at radius 3 is 2.00 bits per heavy atom. The quantitative estimate of drug-likeness (QED) is 0.491. The molecule has 0 aliphatic rings. The summed E-state index contributed by atoms with van der Waals surface area (Å²) >= 11 is 1.48.